The van der Waals surface area contributed by atoms with Crippen molar-refractivity contribution >= 4 is 45.6 Å². The quantitative estimate of drug-likeness (QED) is 0.0804. The summed E-state index contributed by atoms with van der Waals surface area (Å²) in [6.07, 6.45) is -0.896. The van der Waals surface area contributed by atoms with Gasteiger partial charge in [-0.25, -0.2) is 9.97 Å². The third-order valence-corrected chi connectivity index (χ3v) is 7.86. The van der Waals surface area contributed by atoms with Crippen LogP contribution in [0.3, 0.4) is 0 Å². The first-order valence-electron chi connectivity index (χ1n) is 13.5. The Kier molecular flexibility index (Phi) is 6.42. The van der Waals surface area contributed by atoms with Gasteiger partial charge in [0.25, 0.3) is 22.0 Å². The van der Waals surface area contributed by atoms with Gasteiger partial charge in [0.1, 0.15) is 36.0 Å². The fourth-order valence-electron chi connectivity index (χ4n) is 5.69. The van der Waals surface area contributed by atoms with Crippen LogP contribution in [-0.4, -0.2) is 86.8 Å². The van der Waals surface area contributed by atoms with Crippen molar-refractivity contribution < 1.29 is 19.7 Å². The average Bonchev–Trinajstić information content (AvgIpc) is 3.77. The van der Waals surface area contributed by atoms with Crippen molar-refractivity contribution in [3.63, 3.8) is 0 Å². The van der Waals surface area contributed by atoms with Crippen molar-refractivity contribution in [3.8, 4) is 0 Å². The number of rotatable bonds is 8. The largest absolute Gasteiger partial charge is 0.394 e. The Morgan fingerprint density at radius 3 is 2.00 bits per heavy atom. The van der Waals surface area contributed by atoms with Crippen molar-refractivity contribution in [2.45, 2.75) is 49.7 Å². The first-order chi connectivity index (χ1) is 21.1. The highest BCUT2D eigenvalue weighted by Gasteiger charge is 2.40. The predicted octanol–water partition coefficient (Wildman–Crippen LogP) is -3.17. The lowest BCUT2D eigenvalue weighted by atomic mass is 10.1. The third kappa shape index (κ3) is 4.38. The molecular weight excluding hydrogens is 584 g/mol. The van der Waals surface area contributed by atoms with E-state index in [0.717, 1.165) is 0 Å². The van der Waals surface area contributed by atoms with Crippen molar-refractivity contribution in [1.82, 2.24) is 39.0 Å². The number of anilines is 4. The van der Waals surface area contributed by atoms with Gasteiger partial charge in [0, 0.05) is 19.4 Å². The lowest BCUT2D eigenvalue weighted by Gasteiger charge is -2.23. The molecule has 2 aliphatic rings. The zero-order valence-corrected chi connectivity index (χ0v) is 22.6. The number of nitrogens with one attached hydrogen (secondary N) is 4. The Labute approximate surface area is 243 Å². The number of aliphatic hydroxyl groups is 2. The van der Waals surface area contributed by atoms with E-state index < -0.39 is 65.4 Å². The molecule has 230 valence electrons. The molecule has 6 atom stereocenters. The number of hydrogen-bond donors (Lipinski definition) is 8. The van der Waals surface area contributed by atoms with Gasteiger partial charge in [-0.05, 0) is 0 Å². The van der Waals surface area contributed by atoms with Crippen LogP contribution in [-0.2, 0) is 9.47 Å². The van der Waals surface area contributed by atoms with Crippen LogP contribution >= 0.6 is 0 Å². The van der Waals surface area contributed by atoms with Crippen molar-refractivity contribution in [2.75, 3.05) is 35.3 Å². The standard InChI is InChI=1S/C24H26N12O8/c25-23-31-19-15(21(41)33-23)28-5-35(19)11-1-7(10(4-37)44-11)30-14-13(17(39)18(14)40)27-3-9-8(38)2-12(43-9)36-6-29-16-20(36)32-24(26)34-22(16)42/h5-12,27,30,37-38H,1-4H2,(H3,25,31,33,41)(H3,26,32,34,42)/t7-,8-,9+,10+,11+,12+/m0/s1. The molecule has 0 spiro atoms. The van der Waals surface area contributed by atoms with Crippen molar-refractivity contribution in [3.05, 3.63) is 53.8 Å². The fraction of sp³-hybridized carbons (Fsp3) is 0.417. The molecule has 0 aliphatic carbocycles. The van der Waals surface area contributed by atoms with E-state index >= 15 is 0 Å². The van der Waals surface area contributed by atoms with Gasteiger partial charge in [-0.3, -0.25) is 38.3 Å². The van der Waals surface area contributed by atoms with Crippen molar-refractivity contribution in [2.24, 2.45) is 0 Å². The molecule has 0 radical (unpaired) electrons. The molecule has 0 saturated carbocycles. The molecule has 0 amide bonds. The number of aromatic amines is 2. The second-order valence-corrected chi connectivity index (χ2v) is 10.6. The topological polar surface area (TPSA) is 296 Å². The number of aromatic nitrogens is 8. The Morgan fingerprint density at radius 1 is 0.864 bits per heavy atom. The van der Waals surface area contributed by atoms with E-state index in [1.54, 1.807) is 0 Å². The Morgan fingerprint density at radius 2 is 1.41 bits per heavy atom. The van der Waals surface area contributed by atoms with E-state index in [-0.39, 0.29) is 65.0 Å². The minimum absolute atomic E-state index is 0.000504. The number of ether oxygens (including phenoxy) is 2. The first kappa shape index (κ1) is 27.6. The highest BCUT2D eigenvalue weighted by Crippen LogP contribution is 2.34. The lowest BCUT2D eigenvalue weighted by molar-refractivity contribution is -0.0223. The van der Waals surface area contributed by atoms with Crippen molar-refractivity contribution in [1.29, 1.82) is 0 Å². The number of imidazole rings is 2. The van der Waals surface area contributed by atoms with Gasteiger partial charge in [-0.2, -0.15) is 9.97 Å². The number of fused-ring (bicyclic) bond motifs is 2. The Bertz CT molecular complexity index is 2090. The number of H-pyrrole nitrogens is 2. The SMILES string of the molecule is Nc1nc2c(ncn2[C@H]2C[C@H](Nc3c(NC[C@H]4O[C@@H](n5cnc6c(=O)[nH]c(N)nc65)C[C@@H]4O)c(=O)c3=O)[C@@H](CO)O2)c(=O)[nH]1. The first-order valence-corrected chi connectivity index (χ1v) is 13.5. The second-order valence-electron chi connectivity index (χ2n) is 10.6. The normalized spacial score (nSPS) is 25.4. The summed E-state index contributed by atoms with van der Waals surface area (Å²) in [6.45, 7) is -0.441. The zero-order chi connectivity index (χ0) is 30.9. The van der Waals surface area contributed by atoms with E-state index in [1.165, 1.54) is 21.8 Å². The highest BCUT2D eigenvalue weighted by atomic mass is 16.5. The monoisotopic (exact) mass is 610 g/mol. The molecule has 10 N–H and O–H groups in total. The lowest BCUT2D eigenvalue weighted by Crippen LogP contribution is -2.43. The van der Waals surface area contributed by atoms with Crippen LogP contribution in [0.25, 0.3) is 22.3 Å². The van der Waals surface area contributed by atoms with Gasteiger partial charge in [0.15, 0.2) is 22.3 Å². The number of nitrogens with zero attached hydrogens (tertiary/aromatic N) is 6. The summed E-state index contributed by atoms with van der Waals surface area (Å²) in [7, 11) is 0. The molecule has 20 nitrogen and oxygen atoms in total. The van der Waals surface area contributed by atoms with Crippen LogP contribution in [0.5, 0.6) is 0 Å². The van der Waals surface area contributed by atoms with Gasteiger partial charge < -0.3 is 41.8 Å². The van der Waals surface area contributed by atoms with E-state index in [0.29, 0.717) is 0 Å². The molecule has 44 heavy (non-hydrogen) atoms. The predicted molar refractivity (Wildman–Crippen MR) is 153 cm³/mol. The van der Waals surface area contributed by atoms with Gasteiger partial charge in [-0.15, -0.1) is 0 Å². The Hall–Kier alpha value is -5.18. The molecule has 2 saturated heterocycles. The molecule has 0 bridgehead atoms. The van der Waals surface area contributed by atoms with Crippen LogP contribution < -0.4 is 44.1 Å². The minimum Gasteiger partial charge on any atom is -0.394 e. The van der Waals surface area contributed by atoms with E-state index in [4.69, 9.17) is 20.9 Å². The summed E-state index contributed by atoms with van der Waals surface area (Å²) in [5.41, 5.74) is 9.30. The summed E-state index contributed by atoms with van der Waals surface area (Å²) in [5.74, 6) is -0.203. The molecule has 6 heterocycles. The molecule has 7 rings (SSSR count). The highest BCUT2D eigenvalue weighted by molar-refractivity contribution is 5.75. The minimum atomic E-state index is -0.963. The molecule has 2 aliphatic heterocycles. The van der Waals surface area contributed by atoms with Crippen LogP contribution in [0.15, 0.2) is 31.8 Å². The van der Waals surface area contributed by atoms with Gasteiger partial charge in [-0.1, -0.05) is 0 Å². The number of hydrogen-bond acceptors (Lipinski definition) is 16. The molecular formula is C24H26N12O8. The maximum atomic E-state index is 12.5. The van der Waals surface area contributed by atoms with Crippen LogP contribution in [0, 0.1) is 0 Å². The van der Waals surface area contributed by atoms with Gasteiger partial charge >= 0.3 is 0 Å². The van der Waals surface area contributed by atoms with Crippen LogP contribution in [0.2, 0.25) is 0 Å². The van der Waals surface area contributed by atoms with Gasteiger partial charge in [0.05, 0.1) is 31.4 Å². The maximum absolute atomic E-state index is 12.5. The average molecular weight is 611 g/mol. The molecule has 2 fully saturated rings. The summed E-state index contributed by atoms with van der Waals surface area (Å²) in [4.78, 5) is 70.4. The third-order valence-electron chi connectivity index (χ3n) is 7.86. The zero-order valence-electron chi connectivity index (χ0n) is 22.6. The maximum Gasteiger partial charge on any atom is 0.280 e. The number of nitrogens with two attached hydrogens (primary N) is 2. The molecule has 0 unspecified atom stereocenters. The van der Waals surface area contributed by atoms with E-state index in [9.17, 15) is 29.4 Å². The summed E-state index contributed by atoms with van der Waals surface area (Å²) in [5, 5.41) is 26.5. The molecule has 20 heteroatoms. The van der Waals surface area contributed by atoms with Crippen LogP contribution in [0.4, 0.5) is 23.3 Å². The van der Waals surface area contributed by atoms with E-state index in [2.05, 4.69) is 40.5 Å². The van der Waals surface area contributed by atoms with Gasteiger partial charge in [0.2, 0.25) is 11.9 Å². The molecule has 4 aromatic heterocycles. The summed E-state index contributed by atoms with van der Waals surface area (Å²) < 4.78 is 14.9. The second kappa shape index (κ2) is 10.2. The molecule has 1 aromatic carbocycles. The molecule has 5 aromatic rings. The fourth-order valence-corrected chi connectivity index (χ4v) is 5.69. The number of aliphatic hydroxyl groups excluding tert-OH is 2. The number of nitrogen functional groups attached to an aromatic ring is 2. The van der Waals surface area contributed by atoms with E-state index in [1.807, 2.05) is 0 Å². The Balaban J connectivity index is 1.05. The summed E-state index contributed by atoms with van der Waals surface area (Å²) >= 11 is 0. The van der Waals surface area contributed by atoms with Crippen LogP contribution in [0.1, 0.15) is 25.3 Å². The smallest absolute Gasteiger partial charge is 0.280 e. The summed E-state index contributed by atoms with van der Waals surface area (Å²) in [6, 6.07) is -0.610.